The molecule has 136 valence electrons. The van der Waals surface area contributed by atoms with Crippen LogP contribution in [0.3, 0.4) is 0 Å². The predicted octanol–water partition coefficient (Wildman–Crippen LogP) is 5.81. The number of nitrogens with zero attached hydrogens (tertiary/aromatic N) is 2. The van der Waals surface area contributed by atoms with E-state index in [0.29, 0.717) is 0 Å². The highest BCUT2D eigenvalue weighted by atomic mass is 15.1. The average molecular weight is 356 g/mol. The lowest BCUT2D eigenvalue weighted by Crippen LogP contribution is -2.34. The van der Waals surface area contributed by atoms with Gasteiger partial charge in [-0.3, -0.25) is 0 Å². The summed E-state index contributed by atoms with van der Waals surface area (Å²) in [6, 6.07) is 26.5. The van der Waals surface area contributed by atoms with E-state index in [0.717, 1.165) is 19.6 Å². The number of rotatable bonds is 5. The second-order valence-electron chi connectivity index (χ2n) is 6.84. The molecule has 1 aromatic heterocycles. The van der Waals surface area contributed by atoms with Crippen molar-refractivity contribution >= 4 is 27.5 Å². The molecule has 0 aliphatic heterocycles. The monoisotopic (exact) mass is 355 g/mol. The van der Waals surface area contributed by atoms with Crippen LogP contribution in [0.1, 0.15) is 20.8 Å². The fraction of sp³-hybridized carbons (Fsp3) is 0.240. The Morgan fingerprint density at radius 2 is 1.19 bits per heavy atom. The topological polar surface area (TPSA) is 7.12 Å². The molecule has 2 heteroatoms. The van der Waals surface area contributed by atoms with E-state index in [4.69, 9.17) is 0 Å². The maximum absolute atomic E-state index is 2.44. The van der Waals surface area contributed by atoms with Crippen molar-refractivity contribution < 1.29 is 4.57 Å². The molecule has 3 aromatic carbocycles. The van der Waals surface area contributed by atoms with Crippen LogP contribution < -0.4 is 9.47 Å². The van der Waals surface area contributed by atoms with Gasteiger partial charge in [0.2, 0.25) is 11.0 Å². The Morgan fingerprint density at radius 3 is 1.74 bits per heavy atom. The molecule has 0 fully saturated rings. The number of aromatic nitrogens is 1. The molecule has 0 N–H and O–H groups in total. The number of hydrogen-bond donors (Lipinski definition) is 0. The minimum atomic E-state index is 0.957. The quantitative estimate of drug-likeness (QED) is 0.323. The molecule has 0 spiro atoms. The summed E-state index contributed by atoms with van der Waals surface area (Å²) < 4.78 is 2.42. The van der Waals surface area contributed by atoms with Crippen LogP contribution in [0.2, 0.25) is 0 Å². The fourth-order valence-corrected chi connectivity index (χ4v) is 4.27. The Bertz CT molecular complexity index is 1040. The van der Waals surface area contributed by atoms with Crippen molar-refractivity contribution in [2.45, 2.75) is 27.3 Å². The third-order valence-corrected chi connectivity index (χ3v) is 5.52. The van der Waals surface area contributed by atoms with E-state index in [-0.39, 0.29) is 0 Å². The summed E-state index contributed by atoms with van der Waals surface area (Å²) >= 11 is 0. The van der Waals surface area contributed by atoms with Crippen LogP contribution in [0, 0.1) is 0 Å². The molecular weight excluding hydrogens is 328 g/mol. The number of benzene rings is 3. The zero-order valence-electron chi connectivity index (χ0n) is 16.4. The number of para-hydroxylation sites is 3. The van der Waals surface area contributed by atoms with Gasteiger partial charge in [0.05, 0.1) is 10.8 Å². The molecule has 0 atom stereocenters. The molecule has 0 aliphatic carbocycles. The normalized spacial score (nSPS) is 11.2. The molecule has 0 radical (unpaired) electrons. The van der Waals surface area contributed by atoms with Crippen molar-refractivity contribution in [3.05, 3.63) is 72.8 Å². The number of anilines is 1. The van der Waals surface area contributed by atoms with Crippen molar-refractivity contribution in [3.8, 4) is 11.1 Å². The highest BCUT2D eigenvalue weighted by Gasteiger charge is 2.22. The molecule has 0 saturated heterocycles. The SMILES string of the molecule is CCN(CC)c1ccccc1-c1c2ccccc2[n+](CC)c2ccccc12. The minimum absolute atomic E-state index is 0.957. The number of pyridine rings is 1. The zero-order chi connectivity index (χ0) is 18.8. The van der Waals surface area contributed by atoms with Crippen LogP contribution in [0.15, 0.2) is 72.8 Å². The first kappa shape index (κ1) is 17.5. The lowest BCUT2D eigenvalue weighted by molar-refractivity contribution is -0.641. The summed E-state index contributed by atoms with van der Waals surface area (Å²) in [7, 11) is 0. The van der Waals surface area contributed by atoms with Crippen molar-refractivity contribution in [2.75, 3.05) is 18.0 Å². The van der Waals surface area contributed by atoms with Crippen LogP contribution in [0.4, 0.5) is 5.69 Å². The van der Waals surface area contributed by atoms with Crippen LogP contribution in [-0.2, 0) is 6.54 Å². The van der Waals surface area contributed by atoms with Crippen molar-refractivity contribution in [1.82, 2.24) is 0 Å². The van der Waals surface area contributed by atoms with Crippen LogP contribution in [-0.4, -0.2) is 13.1 Å². The Labute approximate surface area is 161 Å². The Hall–Kier alpha value is -2.87. The van der Waals surface area contributed by atoms with Crippen molar-refractivity contribution in [2.24, 2.45) is 0 Å². The highest BCUT2D eigenvalue weighted by molar-refractivity contribution is 6.09. The first-order valence-corrected chi connectivity index (χ1v) is 9.97. The number of aryl methyl sites for hydroxylation is 1. The lowest BCUT2D eigenvalue weighted by atomic mass is 9.94. The van der Waals surface area contributed by atoms with Crippen molar-refractivity contribution in [3.63, 3.8) is 0 Å². The smallest absolute Gasteiger partial charge is 0.213 e. The maximum atomic E-state index is 2.44. The summed E-state index contributed by atoms with van der Waals surface area (Å²) in [4.78, 5) is 2.44. The predicted molar refractivity (Wildman–Crippen MR) is 116 cm³/mol. The molecule has 0 bridgehead atoms. The molecule has 27 heavy (non-hydrogen) atoms. The van der Waals surface area contributed by atoms with E-state index in [1.165, 1.54) is 38.6 Å². The van der Waals surface area contributed by atoms with E-state index in [1.54, 1.807) is 0 Å². The standard InChI is InChI=1S/C25H27N2/c1-4-26(5-2)22-16-10-7-13-19(22)25-20-14-8-11-17-23(20)27(6-3)24-18-12-9-15-21(24)25/h7-18H,4-6H2,1-3H3/q+1. The largest absolute Gasteiger partial charge is 0.372 e. The van der Waals surface area contributed by atoms with Gasteiger partial charge in [0, 0.05) is 42.0 Å². The van der Waals surface area contributed by atoms with Gasteiger partial charge in [0.1, 0.15) is 6.54 Å². The number of hydrogen-bond acceptors (Lipinski definition) is 1. The van der Waals surface area contributed by atoms with Gasteiger partial charge in [-0.05, 0) is 39.0 Å². The van der Waals surface area contributed by atoms with Gasteiger partial charge in [-0.25, -0.2) is 0 Å². The molecule has 0 aliphatic rings. The Morgan fingerprint density at radius 1 is 0.667 bits per heavy atom. The van der Waals surface area contributed by atoms with Gasteiger partial charge in [-0.15, -0.1) is 0 Å². The minimum Gasteiger partial charge on any atom is -0.372 e. The molecule has 0 amide bonds. The average Bonchev–Trinajstić information content (AvgIpc) is 2.73. The molecular formula is C25H27N2+. The second-order valence-corrected chi connectivity index (χ2v) is 6.84. The number of fused-ring (bicyclic) bond motifs is 2. The van der Waals surface area contributed by atoms with E-state index in [2.05, 4.69) is 103 Å². The molecule has 1 heterocycles. The van der Waals surface area contributed by atoms with Gasteiger partial charge in [0.15, 0.2) is 0 Å². The first-order valence-electron chi connectivity index (χ1n) is 9.97. The van der Waals surface area contributed by atoms with E-state index < -0.39 is 0 Å². The van der Waals surface area contributed by atoms with Gasteiger partial charge in [0.25, 0.3) is 0 Å². The third kappa shape index (κ3) is 2.86. The molecule has 0 unspecified atom stereocenters. The van der Waals surface area contributed by atoms with Gasteiger partial charge in [-0.2, -0.15) is 4.57 Å². The molecule has 4 rings (SSSR count). The van der Waals surface area contributed by atoms with E-state index >= 15 is 0 Å². The summed E-state index contributed by atoms with van der Waals surface area (Å²) in [6.45, 7) is 9.65. The fourth-order valence-electron chi connectivity index (χ4n) is 4.27. The summed E-state index contributed by atoms with van der Waals surface area (Å²) in [5.74, 6) is 0. The second kappa shape index (κ2) is 7.40. The third-order valence-electron chi connectivity index (χ3n) is 5.52. The Balaban J connectivity index is 2.18. The zero-order valence-corrected chi connectivity index (χ0v) is 16.4. The van der Waals surface area contributed by atoms with Crippen LogP contribution in [0.25, 0.3) is 32.9 Å². The van der Waals surface area contributed by atoms with E-state index in [9.17, 15) is 0 Å². The summed E-state index contributed by atoms with van der Waals surface area (Å²) in [5, 5.41) is 2.63. The van der Waals surface area contributed by atoms with E-state index in [1.807, 2.05) is 0 Å². The lowest BCUT2D eigenvalue weighted by Gasteiger charge is -2.25. The molecule has 4 aromatic rings. The van der Waals surface area contributed by atoms with Gasteiger partial charge < -0.3 is 4.90 Å². The van der Waals surface area contributed by atoms with Gasteiger partial charge >= 0.3 is 0 Å². The van der Waals surface area contributed by atoms with Gasteiger partial charge in [-0.1, -0.05) is 42.5 Å². The molecule has 0 saturated carbocycles. The first-order chi connectivity index (χ1) is 13.3. The summed E-state index contributed by atoms with van der Waals surface area (Å²) in [5.41, 5.74) is 6.56. The van der Waals surface area contributed by atoms with Crippen LogP contribution >= 0.6 is 0 Å². The van der Waals surface area contributed by atoms with Crippen molar-refractivity contribution in [1.29, 1.82) is 0 Å². The highest BCUT2D eigenvalue weighted by Crippen LogP contribution is 2.39. The Kier molecular flexibility index (Phi) is 4.81. The molecule has 2 nitrogen and oxygen atoms in total. The maximum Gasteiger partial charge on any atom is 0.213 e. The summed E-state index contributed by atoms with van der Waals surface area (Å²) in [6.07, 6.45) is 0. The van der Waals surface area contributed by atoms with Crippen LogP contribution in [0.5, 0.6) is 0 Å².